The Labute approximate surface area is 131 Å². The van der Waals surface area contributed by atoms with Crippen molar-refractivity contribution in [3.05, 3.63) is 22.4 Å². The first-order chi connectivity index (χ1) is 8.09. The van der Waals surface area contributed by atoms with Gasteiger partial charge in [-0.3, -0.25) is 4.99 Å². The molecule has 0 radical (unpaired) electrons. The summed E-state index contributed by atoms with van der Waals surface area (Å²) in [5, 5.41) is 5.24. The van der Waals surface area contributed by atoms with Crippen LogP contribution in [-0.4, -0.2) is 19.0 Å². The van der Waals surface area contributed by atoms with Crippen molar-refractivity contribution >= 4 is 41.3 Å². The van der Waals surface area contributed by atoms with E-state index in [0.717, 1.165) is 19.5 Å². The molecule has 0 aliphatic heterocycles. The predicted octanol–water partition coefficient (Wildman–Crippen LogP) is 3.42. The first-order valence-electron chi connectivity index (χ1n) is 6.16. The molecule has 1 atom stereocenters. The van der Waals surface area contributed by atoms with Crippen molar-refractivity contribution in [3.8, 4) is 0 Å². The van der Waals surface area contributed by atoms with Crippen molar-refractivity contribution in [2.75, 3.05) is 13.1 Å². The third-order valence-corrected chi connectivity index (χ3v) is 3.70. The normalized spacial score (nSPS) is 13.2. The zero-order valence-corrected chi connectivity index (χ0v) is 14.5. The number of guanidine groups is 1. The van der Waals surface area contributed by atoms with Crippen LogP contribution >= 0.6 is 35.3 Å². The number of nitrogens with zero attached hydrogens (tertiary/aromatic N) is 1. The van der Waals surface area contributed by atoms with Gasteiger partial charge in [-0.1, -0.05) is 26.8 Å². The highest BCUT2D eigenvalue weighted by atomic mass is 127. The molecule has 104 valence electrons. The minimum Gasteiger partial charge on any atom is -0.370 e. The number of thiophene rings is 1. The summed E-state index contributed by atoms with van der Waals surface area (Å²) in [5.74, 6) is 1.70. The fourth-order valence-electron chi connectivity index (χ4n) is 1.44. The minimum absolute atomic E-state index is 0. The van der Waals surface area contributed by atoms with E-state index in [1.807, 2.05) is 0 Å². The zero-order valence-electron chi connectivity index (χ0n) is 11.3. The number of rotatable bonds is 6. The van der Waals surface area contributed by atoms with Gasteiger partial charge in [0.05, 0.1) is 6.54 Å². The maximum Gasteiger partial charge on any atom is 0.188 e. The molecule has 0 saturated heterocycles. The molecule has 1 aromatic rings. The molecule has 0 aromatic carbocycles. The van der Waals surface area contributed by atoms with E-state index >= 15 is 0 Å². The molecule has 0 aliphatic rings. The smallest absolute Gasteiger partial charge is 0.188 e. The van der Waals surface area contributed by atoms with E-state index in [2.05, 4.69) is 48.6 Å². The first-order valence-corrected chi connectivity index (χ1v) is 7.04. The highest BCUT2D eigenvalue weighted by molar-refractivity contribution is 14.0. The summed E-state index contributed by atoms with van der Waals surface area (Å²) < 4.78 is 0. The SMILES string of the molecule is CC(C)CCNC(N)=NCC(C)c1cccs1.I. The average Bonchev–Trinajstić information content (AvgIpc) is 2.78. The molecule has 3 nitrogen and oxygen atoms in total. The quantitative estimate of drug-likeness (QED) is 0.451. The van der Waals surface area contributed by atoms with Crippen LogP contribution in [0.4, 0.5) is 0 Å². The lowest BCUT2D eigenvalue weighted by Crippen LogP contribution is -2.33. The van der Waals surface area contributed by atoms with Crippen LogP contribution < -0.4 is 11.1 Å². The molecule has 1 unspecified atom stereocenters. The number of hydrogen-bond donors (Lipinski definition) is 2. The molecular formula is C13H24IN3S. The summed E-state index contributed by atoms with van der Waals surface area (Å²) >= 11 is 1.77. The van der Waals surface area contributed by atoms with Gasteiger partial charge in [0, 0.05) is 17.3 Å². The van der Waals surface area contributed by atoms with Crippen molar-refractivity contribution in [1.29, 1.82) is 0 Å². The largest absolute Gasteiger partial charge is 0.370 e. The van der Waals surface area contributed by atoms with Gasteiger partial charge in [-0.2, -0.15) is 0 Å². The van der Waals surface area contributed by atoms with Gasteiger partial charge >= 0.3 is 0 Å². The monoisotopic (exact) mass is 381 g/mol. The van der Waals surface area contributed by atoms with E-state index in [1.165, 1.54) is 4.88 Å². The maximum absolute atomic E-state index is 5.80. The molecule has 0 bridgehead atoms. The Morgan fingerprint density at radius 1 is 1.44 bits per heavy atom. The van der Waals surface area contributed by atoms with Gasteiger partial charge < -0.3 is 11.1 Å². The fraction of sp³-hybridized carbons (Fsp3) is 0.615. The van der Waals surface area contributed by atoms with Crippen LogP contribution in [0.5, 0.6) is 0 Å². The Hall–Kier alpha value is -0.300. The number of nitrogens with one attached hydrogen (secondary N) is 1. The Morgan fingerprint density at radius 3 is 2.72 bits per heavy atom. The molecule has 0 saturated carbocycles. The Bertz CT molecular complexity index is 336. The van der Waals surface area contributed by atoms with Crippen LogP contribution in [0.2, 0.25) is 0 Å². The molecule has 3 N–H and O–H groups in total. The molecule has 1 heterocycles. The molecule has 1 rings (SSSR count). The molecule has 0 spiro atoms. The summed E-state index contributed by atoms with van der Waals surface area (Å²) in [6.07, 6.45) is 1.12. The van der Waals surface area contributed by atoms with Gasteiger partial charge in [0.15, 0.2) is 5.96 Å². The minimum atomic E-state index is 0. The van der Waals surface area contributed by atoms with Crippen LogP contribution in [0.25, 0.3) is 0 Å². The Morgan fingerprint density at radius 2 is 2.17 bits per heavy atom. The third-order valence-electron chi connectivity index (χ3n) is 2.59. The van der Waals surface area contributed by atoms with Crippen LogP contribution in [0, 0.1) is 5.92 Å². The summed E-state index contributed by atoms with van der Waals surface area (Å²) in [7, 11) is 0. The number of nitrogens with two attached hydrogens (primary N) is 1. The zero-order chi connectivity index (χ0) is 12.7. The second kappa shape index (κ2) is 9.61. The molecule has 0 aliphatic carbocycles. The summed E-state index contributed by atoms with van der Waals surface area (Å²) in [6, 6.07) is 4.22. The van der Waals surface area contributed by atoms with E-state index in [4.69, 9.17) is 5.73 Å². The second-order valence-corrected chi connectivity index (χ2v) is 5.73. The molecule has 5 heteroatoms. The number of aliphatic imine (C=N–C) groups is 1. The predicted molar refractivity (Wildman–Crippen MR) is 92.1 cm³/mol. The van der Waals surface area contributed by atoms with Crippen molar-refractivity contribution in [3.63, 3.8) is 0 Å². The van der Waals surface area contributed by atoms with Crippen molar-refractivity contribution in [1.82, 2.24) is 5.32 Å². The third kappa shape index (κ3) is 7.20. The Kier molecular flexibility index (Phi) is 9.45. The van der Waals surface area contributed by atoms with Gasteiger partial charge in [0.2, 0.25) is 0 Å². The van der Waals surface area contributed by atoms with E-state index < -0.39 is 0 Å². The van der Waals surface area contributed by atoms with Crippen LogP contribution in [0.3, 0.4) is 0 Å². The molecule has 0 amide bonds. The van der Waals surface area contributed by atoms with Gasteiger partial charge in [0.25, 0.3) is 0 Å². The van der Waals surface area contributed by atoms with Crippen LogP contribution in [0.15, 0.2) is 22.5 Å². The summed E-state index contributed by atoms with van der Waals surface area (Å²) in [6.45, 7) is 8.24. The summed E-state index contributed by atoms with van der Waals surface area (Å²) in [4.78, 5) is 5.73. The van der Waals surface area contributed by atoms with Gasteiger partial charge in [0.1, 0.15) is 0 Å². The van der Waals surface area contributed by atoms with Gasteiger partial charge in [-0.05, 0) is 23.8 Å². The lowest BCUT2D eigenvalue weighted by molar-refractivity contribution is 0.576. The highest BCUT2D eigenvalue weighted by Crippen LogP contribution is 2.20. The average molecular weight is 381 g/mol. The van der Waals surface area contributed by atoms with Crippen molar-refractivity contribution in [2.45, 2.75) is 33.1 Å². The van der Waals surface area contributed by atoms with Crippen LogP contribution in [0.1, 0.15) is 38.0 Å². The number of hydrogen-bond acceptors (Lipinski definition) is 2. The Balaban J connectivity index is 0.00000289. The van der Waals surface area contributed by atoms with E-state index in [9.17, 15) is 0 Å². The van der Waals surface area contributed by atoms with E-state index in [1.54, 1.807) is 11.3 Å². The molecule has 18 heavy (non-hydrogen) atoms. The standard InChI is InChI=1S/C13H23N3S.HI/c1-10(2)6-7-15-13(14)16-9-11(3)12-5-4-8-17-12;/h4-5,8,10-11H,6-7,9H2,1-3H3,(H3,14,15,16);1H. The first kappa shape index (κ1) is 17.7. The van der Waals surface area contributed by atoms with E-state index in [-0.39, 0.29) is 24.0 Å². The lowest BCUT2D eigenvalue weighted by atomic mass is 10.1. The second-order valence-electron chi connectivity index (χ2n) is 4.75. The topological polar surface area (TPSA) is 50.4 Å². The molecule has 1 aromatic heterocycles. The highest BCUT2D eigenvalue weighted by Gasteiger charge is 2.05. The van der Waals surface area contributed by atoms with Crippen molar-refractivity contribution in [2.24, 2.45) is 16.6 Å². The van der Waals surface area contributed by atoms with Crippen LogP contribution in [-0.2, 0) is 0 Å². The van der Waals surface area contributed by atoms with Crippen molar-refractivity contribution < 1.29 is 0 Å². The molecular weight excluding hydrogens is 357 g/mol. The van der Waals surface area contributed by atoms with E-state index in [0.29, 0.717) is 17.8 Å². The fourth-order valence-corrected chi connectivity index (χ4v) is 2.22. The summed E-state index contributed by atoms with van der Waals surface area (Å²) in [5.41, 5.74) is 5.80. The van der Waals surface area contributed by atoms with Gasteiger partial charge in [-0.25, -0.2) is 0 Å². The maximum atomic E-state index is 5.80. The molecule has 0 fully saturated rings. The van der Waals surface area contributed by atoms with Gasteiger partial charge in [-0.15, -0.1) is 35.3 Å². The lowest BCUT2D eigenvalue weighted by Gasteiger charge is -2.09. The number of halogens is 1.